The highest BCUT2D eigenvalue weighted by Crippen LogP contribution is 2.78. The third-order valence-corrected chi connectivity index (χ3v) is 5.87. The Bertz CT molecular complexity index is 528. The van der Waals surface area contributed by atoms with E-state index in [4.69, 9.17) is 9.47 Å². The van der Waals surface area contributed by atoms with Crippen LogP contribution < -0.4 is 0 Å². The van der Waals surface area contributed by atoms with Gasteiger partial charge in [-0.3, -0.25) is 4.79 Å². The zero-order valence-corrected chi connectivity index (χ0v) is 11.1. The molecule has 4 atom stereocenters. The van der Waals surface area contributed by atoms with Gasteiger partial charge in [-0.2, -0.15) is 0 Å². The van der Waals surface area contributed by atoms with Crippen molar-refractivity contribution in [1.82, 2.24) is 0 Å². The Labute approximate surface area is 107 Å². The van der Waals surface area contributed by atoms with Crippen LogP contribution in [0.15, 0.2) is 23.8 Å². The molecule has 0 aromatic rings. The van der Waals surface area contributed by atoms with Crippen molar-refractivity contribution in [2.75, 3.05) is 7.11 Å². The number of Topliss-reactive ketones (excluding diaryl/α,β-unsaturated/α-hetero) is 1. The van der Waals surface area contributed by atoms with Crippen molar-refractivity contribution in [3.05, 3.63) is 23.8 Å². The highest BCUT2D eigenvalue weighted by Gasteiger charge is 2.83. The molecule has 2 aliphatic heterocycles. The normalized spacial score (nSPS) is 50.9. The van der Waals surface area contributed by atoms with E-state index in [9.17, 15) is 4.79 Å². The van der Waals surface area contributed by atoms with Crippen molar-refractivity contribution in [1.29, 1.82) is 0 Å². The molecule has 2 unspecified atom stereocenters. The lowest BCUT2D eigenvalue weighted by Gasteiger charge is -2.39. The number of hydrogen-bond acceptors (Lipinski definition) is 3. The van der Waals surface area contributed by atoms with Crippen molar-refractivity contribution < 1.29 is 14.3 Å². The van der Waals surface area contributed by atoms with Gasteiger partial charge in [0.25, 0.3) is 0 Å². The van der Waals surface area contributed by atoms with E-state index in [2.05, 4.69) is 19.6 Å². The van der Waals surface area contributed by atoms with E-state index in [1.165, 1.54) is 0 Å². The van der Waals surface area contributed by atoms with Crippen molar-refractivity contribution in [2.24, 2.45) is 17.3 Å². The Kier molecular flexibility index (Phi) is 1.61. The Balaban J connectivity index is 1.96. The minimum Gasteiger partial charge on any atom is -0.349 e. The first-order valence-corrected chi connectivity index (χ1v) is 6.61. The Morgan fingerprint density at radius 1 is 1.50 bits per heavy atom. The van der Waals surface area contributed by atoms with Crippen LogP contribution in [0, 0.1) is 17.3 Å². The van der Waals surface area contributed by atoms with E-state index in [1.54, 1.807) is 7.11 Å². The molecule has 4 aliphatic rings. The van der Waals surface area contributed by atoms with Gasteiger partial charge in [-0.25, -0.2) is 0 Å². The molecule has 0 amide bonds. The van der Waals surface area contributed by atoms with Gasteiger partial charge < -0.3 is 9.47 Å². The summed E-state index contributed by atoms with van der Waals surface area (Å²) in [5.74, 6) is -0.771. The highest BCUT2D eigenvalue weighted by molar-refractivity contribution is 6.01. The van der Waals surface area contributed by atoms with Crippen molar-refractivity contribution >= 4 is 5.78 Å². The number of ether oxygens (including phenoxy) is 2. The fourth-order valence-corrected chi connectivity index (χ4v) is 4.70. The summed E-state index contributed by atoms with van der Waals surface area (Å²) in [6, 6.07) is 0. The SMILES string of the molecule is C=C1C2(CC2)[C@@]2(C)O[C@]1(OC)C1C(=O)C(C)=CC12. The van der Waals surface area contributed by atoms with Gasteiger partial charge in [-0.05, 0) is 37.8 Å². The Morgan fingerprint density at radius 2 is 2.17 bits per heavy atom. The van der Waals surface area contributed by atoms with Crippen LogP contribution in [0.5, 0.6) is 0 Å². The lowest BCUT2D eigenvalue weighted by atomic mass is 9.62. The summed E-state index contributed by atoms with van der Waals surface area (Å²) < 4.78 is 12.0. The second-order valence-corrected chi connectivity index (χ2v) is 6.36. The maximum absolute atomic E-state index is 12.4. The monoisotopic (exact) mass is 246 g/mol. The number of ketones is 1. The van der Waals surface area contributed by atoms with Gasteiger partial charge in [0.1, 0.15) is 0 Å². The maximum atomic E-state index is 12.4. The summed E-state index contributed by atoms with van der Waals surface area (Å²) in [5, 5.41) is 0. The first kappa shape index (κ1) is 10.9. The number of carbonyl (C=O) groups excluding carboxylic acids is 1. The topological polar surface area (TPSA) is 35.5 Å². The number of rotatable bonds is 1. The molecule has 2 saturated heterocycles. The quantitative estimate of drug-likeness (QED) is 0.666. The molecule has 2 aliphatic carbocycles. The molecular formula is C15H18O3. The maximum Gasteiger partial charge on any atom is 0.202 e. The van der Waals surface area contributed by atoms with Gasteiger partial charge in [0.2, 0.25) is 5.79 Å². The fourth-order valence-electron chi connectivity index (χ4n) is 4.70. The molecule has 3 heteroatoms. The van der Waals surface area contributed by atoms with E-state index in [0.29, 0.717) is 0 Å². The standard InChI is InChI=1S/C15H18O3/c1-8-7-10-11(12(8)16)15(17-4)9(2)14(5-6-14)13(10,3)18-15/h7,10-11H,2,5-6H2,1,3-4H3/t10?,11?,13-,15-/m0/s1. The third kappa shape index (κ3) is 0.774. The summed E-state index contributed by atoms with van der Waals surface area (Å²) in [4.78, 5) is 12.4. The fraction of sp³-hybridized carbons (Fsp3) is 0.667. The molecule has 0 radical (unpaired) electrons. The smallest absolute Gasteiger partial charge is 0.202 e. The van der Waals surface area contributed by atoms with Crippen molar-refractivity contribution in [3.63, 3.8) is 0 Å². The van der Waals surface area contributed by atoms with Crippen LogP contribution in [-0.2, 0) is 14.3 Å². The summed E-state index contributed by atoms with van der Waals surface area (Å²) in [7, 11) is 1.64. The van der Waals surface area contributed by atoms with Crippen molar-refractivity contribution in [3.8, 4) is 0 Å². The molecule has 1 saturated carbocycles. The molecule has 0 N–H and O–H groups in total. The summed E-state index contributed by atoms with van der Waals surface area (Å²) in [5.41, 5.74) is 1.59. The minimum atomic E-state index is -0.874. The summed E-state index contributed by atoms with van der Waals surface area (Å²) in [6.45, 7) is 8.27. The van der Waals surface area contributed by atoms with Crippen LogP contribution in [-0.4, -0.2) is 24.3 Å². The van der Waals surface area contributed by atoms with E-state index in [-0.39, 0.29) is 28.6 Å². The summed E-state index contributed by atoms with van der Waals surface area (Å²) in [6.07, 6.45) is 4.32. The molecule has 3 nitrogen and oxygen atoms in total. The third-order valence-electron chi connectivity index (χ3n) is 5.87. The van der Waals surface area contributed by atoms with Crippen LogP contribution in [0.3, 0.4) is 0 Å². The number of methoxy groups -OCH3 is 1. The molecule has 2 bridgehead atoms. The highest BCUT2D eigenvalue weighted by atomic mass is 16.7. The lowest BCUT2D eigenvalue weighted by molar-refractivity contribution is -0.198. The molecule has 96 valence electrons. The average molecular weight is 246 g/mol. The summed E-state index contributed by atoms with van der Waals surface area (Å²) >= 11 is 0. The number of allylic oxidation sites excluding steroid dienone is 1. The largest absolute Gasteiger partial charge is 0.349 e. The average Bonchev–Trinajstić information content (AvgIpc) is 3.00. The van der Waals surface area contributed by atoms with Gasteiger partial charge in [-0.15, -0.1) is 0 Å². The van der Waals surface area contributed by atoms with Crippen molar-refractivity contribution in [2.45, 2.75) is 38.1 Å². The number of fused-ring (bicyclic) bond motifs is 6. The first-order valence-electron chi connectivity index (χ1n) is 6.61. The van der Waals surface area contributed by atoms with Crippen LogP contribution >= 0.6 is 0 Å². The van der Waals surface area contributed by atoms with E-state index < -0.39 is 5.79 Å². The Hall–Kier alpha value is -0.930. The predicted octanol–water partition coefficient (Wildman–Crippen LogP) is 2.23. The number of carbonyl (C=O) groups is 1. The molecule has 0 aromatic heterocycles. The lowest BCUT2D eigenvalue weighted by Crippen LogP contribution is -2.48. The second-order valence-electron chi connectivity index (χ2n) is 6.36. The molecule has 18 heavy (non-hydrogen) atoms. The molecular weight excluding hydrogens is 228 g/mol. The van der Waals surface area contributed by atoms with Crippen LogP contribution in [0.25, 0.3) is 0 Å². The van der Waals surface area contributed by atoms with E-state index >= 15 is 0 Å². The van der Waals surface area contributed by atoms with E-state index in [1.807, 2.05) is 6.92 Å². The van der Waals surface area contributed by atoms with Gasteiger partial charge >= 0.3 is 0 Å². The molecule has 4 rings (SSSR count). The van der Waals surface area contributed by atoms with E-state index in [0.717, 1.165) is 24.0 Å². The van der Waals surface area contributed by atoms with Crippen LogP contribution in [0.4, 0.5) is 0 Å². The number of hydrogen-bond donors (Lipinski definition) is 0. The molecule has 3 fully saturated rings. The zero-order valence-electron chi connectivity index (χ0n) is 11.1. The first-order chi connectivity index (χ1) is 8.43. The van der Waals surface area contributed by atoms with Gasteiger partial charge in [0.05, 0.1) is 11.5 Å². The molecule has 1 spiro atoms. The van der Waals surface area contributed by atoms with Gasteiger partial charge in [0.15, 0.2) is 5.78 Å². The van der Waals surface area contributed by atoms with Gasteiger partial charge in [0, 0.05) is 18.4 Å². The van der Waals surface area contributed by atoms with Crippen LogP contribution in [0.2, 0.25) is 0 Å². The second kappa shape index (κ2) is 2.66. The Morgan fingerprint density at radius 3 is 2.72 bits per heavy atom. The minimum absolute atomic E-state index is 0.0472. The predicted molar refractivity (Wildman–Crippen MR) is 65.8 cm³/mol. The van der Waals surface area contributed by atoms with Gasteiger partial charge in [-0.1, -0.05) is 12.7 Å². The molecule has 2 heterocycles. The van der Waals surface area contributed by atoms with Crippen LogP contribution in [0.1, 0.15) is 26.7 Å². The molecule has 0 aromatic carbocycles. The zero-order chi connectivity index (χ0) is 12.9.